The van der Waals surface area contributed by atoms with Crippen molar-refractivity contribution in [3.63, 3.8) is 0 Å². The van der Waals surface area contributed by atoms with Crippen molar-refractivity contribution in [2.24, 2.45) is 5.84 Å². The molecule has 0 fully saturated rings. The number of nitrogen functional groups attached to an aromatic ring is 1. The quantitative estimate of drug-likeness (QED) is 0.576. The predicted octanol–water partition coefficient (Wildman–Crippen LogP) is 2.10. The van der Waals surface area contributed by atoms with Crippen molar-refractivity contribution >= 4 is 17.3 Å². The van der Waals surface area contributed by atoms with E-state index in [1.54, 1.807) is 48.5 Å². The minimum Gasteiger partial charge on any atom is -0.323 e. The molecule has 0 atom stereocenters. The van der Waals surface area contributed by atoms with Gasteiger partial charge < -0.3 is 10.7 Å². The lowest BCUT2D eigenvalue weighted by atomic mass is 10.1. The van der Waals surface area contributed by atoms with E-state index in [0.717, 1.165) is 0 Å². The van der Waals surface area contributed by atoms with Crippen molar-refractivity contribution in [2.75, 3.05) is 10.7 Å². The zero-order chi connectivity index (χ0) is 13.7. The lowest BCUT2D eigenvalue weighted by molar-refractivity contribution is 0.102. The minimum absolute atomic E-state index is 0.323. The normalized spacial score (nSPS) is 9.47. The Balaban J connectivity index is 2.29. The van der Waals surface area contributed by atoms with E-state index in [-0.39, 0.29) is 5.91 Å². The van der Waals surface area contributed by atoms with Crippen LogP contribution in [0.15, 0.2) is 48.5 Å². The molecule has 0 saturated carbocycles. The molecule has 0 aliphatic carbocycles. The second-order valence-corrected chi connectivity index (χ2v) is 3.80. The number of para-hydroxylation sites is 2. The fraction of sp³-hybridized carbons (Fsp3) is 0. The number of hydrogen-bond acceptors (Lipinski definition) is 4. The zero-order valence-corrected chi connectivity index (χ0v) is 10.1. The Kier molecular flexibility index (Phi) is 3.76. The summed E-state index contributed by atoms with van der Waals surface area (Å²) in [7, 11) is 0. The molecular formula is C14H12N4O. The Labute approximate surface area is 110 Å². The van der Waals surface area contributed by atoms with Crippen LogP contribution in [0.5, 0.6) is 0 Å². The summed E-state index contributed by atoms with van der Waals surface area (Å²) in [6, 6.07) is 15.7. The van der Waals surface area contributed by atoms with Gasteiger partial charge in [0.25, 0.3) is 5.91 Å². The molecule has 0 spiro atoms. The Morgan fingerprint density at radius 3 is 2.37 bits per heavy atom. The summed E-state index contributed by atoms with van der Waals surface area (Å²) >= 11 is 0. The number of hydrazine groups is 1. The van der Waals surface area contributed by atoms with Gasteiger partial charge in [-0.15, -0.1) is 0 Å². The summed E-state index contributed by atoms with van der Waals surface area (Å²) in [5, 5.41) is 11.7. The molecule has 1 amide bonds. The summed E-state index contributed by atoms with van der Waals surface area (Å²) in [4.78, 5) is 12.1. The highest BCUT2D eigenvalue weighted by atomic mass is 16.1. The fourth-order valence-corrected chi connectivity index (χ4v) is 1.69. The van der Waals surface area contributed by atoms with Crippen LogP contribution in [0.3, 0.4) is 0 Å². The average Bonchev–Trinajstić information content (AvgIpc) is 2.47. The third-order valence-corrected chi connectivity index (χ3v) is 2.62. The van der Waals surface area contributed by atoms with Gasteiger partial charge in [-0.2, -0.15) is 5.26 Å². The first-order chi connectivity index (χ1) is 9.26. The van der Waals surface area contributed by atoms with E-state index in [4.69, 9.17) is 11.1 Å². The highest BCUT2D eigenvalue weighted by Crippen LogP contribution is 2.18. The van der Waals surface area contributed by atoms with E-state index in [1.165, 1.54) is 0 Å². The maximum absolute atomic E-state index is 12.1. The Morgan fingerprint density at radius 2 is 1.68 bits per heavy atom. The second-order valence-electron chi connectivity index (χ2n) is 3.80. The molecule has 5 heteroatoms. The summed E-state index contributed by atoms with van der Waals surface area (Å²) in [5.41, 5.74) is 4.29. The van der Waals surface area contributed by atoms with Gasteiger partial charge in [-0.05, 0) is 24.3 Å². The van der Waals surface area contributed by atoms with Crippen LogP contribution in [0, 0.1) is 11.3 Å². The highest BCUT2D eigenvalue weighted by Gasteiger charge is 2.11. The van der Waals surface area contributed by atoms with Gasteiger partial charge in [-0.1, -0.05) is 24.3 Å². The summed E-state index contributed by atoms with van der Waals surface area (Å²) in [6.45, 7) is 0. The number of anilines is 2. The smallest absolute Gasteiger partial charge is 0.257 e. The van der Waals surface area contributed by atoms with Gasteiger partial charge in [0.15, 0.2) is 0 Å². The molecule has 0 aromatic heterocycles. The van der Waals surface area contributed by atoms with Crippen LogP contribution in [0.2, 0.25) is 0 Å². The second kappa shape index (κ2) is 5.67. The number of nitrogens with one attached hydrogen (secondary N) is 2. The van der Waals surface area contributed by atoms with E-state index >= 15 is 0 Å². The molecule has 0 aliphatic rings. The number of carbonyl (C=O) groups excluding carboxylic acids is 1. The van der Waals surface area contributed by atoms with Crippen molar-refractivity contribution in [3.8, 4) is 6.07 Å². The Bertz CT molecular complexity index is 646. The van der Waals surface area contributed by atoms with Gasteiger partial charge >= 0.3 is 0 Å². The van der Waals surface area contributed by atoms with Crippen molar-refractivity contribution in [2.45, 2.75) is 0 Å². The topological polar surface area (TPSA) is 90.9 Å². The van der Waals surface area contributed by atoms with Crippen molar-refractivity contribution in [1.82, 2.24) is 0 Å². The highest BCUT2D eigenvalue weighted by molar-refractivity contribution is 6.08. The van der Waals surface area contributed by atoms with Crippen molar-refractivity contribution in [3.05, 3.63) is 59.7 Å². The molecule has 2 aromatic carbocycles. The number of carbonyl (C=O) groups is 1. The molecule has 0 aliphatic heterocycles. The van der Waals surface area contributed by atoms with Gasteiger partial charge in [-0.3, -0.25) is 10.6 Å². The number of benzene rings is 2. The van der Waals surface area contributed by atoms with Crippen LogP contribution in [-0.2, 0) is 0 Å². The third kappa shape index (κ3) is 2.70. The van der Waals surface area contributed by atoms with Crippen molar-refractivity contribution < 1.29 is 4.79 Å². The number of hydrogen-bond donors (Lipinski definition) is 3. The molecule has 2 rings (SSSR count). The number of nitriles is 1. The molecule has 0 saturated heterocycles. The van der Waals surface area contributed by atoms with Crippen LogP contribution < -0.4 is 16.6 Å². The van der Waals surface area contributed by atoms with Gasteiger partial charge in [0.2, 0.25) is 0 Å². The average molecular weight is 252 g/mol. The number of nitrogens with zero attached hydrogens (tertiary/aromatic N) is 1. The maximum Gasteiger partial charge on any atom is 0.257 e. The molecule has 0 radical (unpaired) electrons. The van der Waals surface area contributed by atoms with Crippen LogP contribution in [0.25, 0.3) is 0 Å². The molecule has 0 unspecified atom stereocenters. The first-order valence-electron chi connectivity index (χ1n) is 5.62. The Morgan fingerprint density at radius 1 is 1.05 bits per heavy atom. The van der Waals surface area contributed by atoms with Gasteiger partial charge in [0, 0.05) is 0 Å². The maximum atomic E-state index is 12.1. The lowest BCUT2D eigenvalue weighted by Crippen LogP contribution is -2.17. The first-order valence-corrected chi connectivity index (χ1v) is 5.62. The zero-order valence-electron chi connectivity index (χ0n) is 10.1. The monoisotopic (exact) mass is 252 g/mol. The van der Waals surface area contributed by atoms with Crippen LogP contribution >= 0.6 is 0 Å². The third-order valence-electron chi connectivity index (χ3n) is 2.62. The van der Waals surface area contributed by atoms with E-state index in [9.17, 15) is 4.79 Å². The summed E-state index contributed by atoms with van der Waals surface area (Å²) in [5.74, 6) is 5.03. The number of rotatable bonds is 3. The first kappa shape index (κ1) is 12.6. The predicted molar refractivity (Wildman–Crippen MR) is 73.4 cm³/mol. The molecule has 0 heterocycles. The summed E-state index contributed by atoms with van der Waals surface area (Å²) < 4.78 is 0. The molecule has 0 bridgehead atoms. The molecule has 2 aromatic rings. The lowest BCUT2D eigenvalue weighted by Gasteiger charge is -2.10. The fourth-order valence-electron chi connectivity index (χ4n) is 1.69. The van der Waals surface area contributed by atoms with Crippen LogP contribution in [0.1, 0.15) is 15.9 Å². The standard InChI is InChI=1S/C14H12N4O/c15-9-10-5-1-3-7-12(10)17-14(19)11-6-2-4-8-13(11)18-16/h1-8,18H,16H2,(H,17,19). The van der Waals surface area contributed by atoms with Gasteiger partial charge in [-0.25, -0.2) is 0 Å². The van der Waals surface area contributed by atoms with Crippen molar-refractivity contribution in [1.29, 1.82) is 5.26 Å². The molecule has 19 heavy (non-hydrogen) atoms. The SMILES string of the molecule is N#Cc1ccccc1NC(=O)c1ccccc1NN. The Hall–Kier alpha value is -2.84. The van der Waals surface area contributed by atoms with Crippen LogP contribution in [0.4, 0.5) is 11.4 Å². The van der Waals surface area contributed by atoms with E-state index < -0.39 is 0 Å². The number of amides is 1. The van der Waals surface area contributed by atoms with Crippen LogP contribution in [-0.4, -0.2) is 5.91 Å². The largest absolute Gasteiger partial charge is 0.323 e. The molecular weight excluding hydrogens is 240 g/mol. The molecule has 94 valence electrons. The summed E-state index contributed by atoms with van der Waals surface area (Å²) in [6.07, 6.45) is 0. The minimum atomic E-state index is -0.323. The molecule has 5 nitrogen and oxygen atoms in total. The van der Waals surface area contributed by atoms with E-state index in [1.807, 2.05) is 6.07 Å². The van der Waals surface area contributed by atoms with E-state index in [0.29, 0.717) is 22.5 Å². The molecule has 4 N–H and O–H groups in total. The van der Waals surface area contributed by atoms with Gasteiger partial charge in [0.1, 0.15) is 6.07 Å². The van der Waals surface area contributed by atoms with E-state index in [2.05, 4.69) is 10.7 Å². The van der Waals surface area contributed by atoms with Gasteiger partial charge in [0.05, 0.1) is 22.5 Å². The number of nitrogens with two attached hydrogens (primary N) is 1.